The molecule has 0 spiro atoms. The van der Waals surface area contributed by atoms with Crippen LogP contribution in [0, 0.1) is 0 Å². The van der Waals surface area contributed by atoms with Crippen molar-refractivity contribution in [3.63, 3.8) is 0 Å². The quantitative estimate of drug-likeness (QED) is 0.775. The van der Waals surface area contributed by atoms with E-state index in [1.807, 2.05) is 0 Å². The molecule has 0 aliphatic carbocycles. The maximum Gasteiger partial charge on any atom is 0.147 e. The zero-order valence-corrected chi connectivity index (χ0v) is 11.2. The molecule has 0 saturated carbocycles. The standard InChI is InChI=1S/C11H16ClNO3S/c1-17(15,16)6-2-5-13-8-9-3-4-11(14)10(12)7-9/h3-4,7,13-14H,2,5-6,8H2,1H3. The molecule has 4 nitrogen and oxygen atoms in total. The molecule has 1 rings (SSSR count). The number of nitrogens with one attached hydrogen (secondary N) is 1. The van der Waals surface area contributed by atoms with Gasteiger partial charge in [-0.1, -0.05) is 17.7 Å². The highest BCUT2D eigenvalue weighted by Gasteiger charge is 2.02. The molecule has 0 heterocycles. The number of benzene rings is 1. The molecule has 0 aliphatic heterocycles. The summed E-state index contributed by atoms with van der Waals surface area (Å²) in [6.45, 7) is 1.23. The SMILES string of the molecule is CS(=O)(=O)CCCNCc1ccc(O)c(Cl)c1. The molecule has 96 valence electrons. The second-order valence-electron chi connectivity index (χ2n) is 3.95. The van der Waals surface area contributed by atoms with E-state index >= 15 is 0 Å². The fraction of sp³-hybridized carbons (Fsp3) is 0.455. The van der Waals surface area contributed by atoms with Crippen LogP contribution in [0.5, 0.6) is 5.75 Å². The average Bonchev–Trinajstić information content (AvgIpc) is 2.21. The molecule has 0 bridgehead atoms. The van der Waals surface area contributed by atoms with Crippen molar-refractivity contribution in [3.8, 4) is 5.75 Å². The summed E-state index contributed by atoms with van der Waals surface area (Å²) in [6, 6.07) is 4.99. The van der Waals surface area contributed by atoms with Gasteiger partial charge in [-0.3, -0.25) is 0 Å². The molecule has 0 radical (unpaired) electrons. The number of phenolic OH excluding ortho intramolecular Hbond substituents is 1. The van der Waals surface area contributed by atoms with E-state index in [0.29, 0.717) is 24.5 Å². The summed E-state index contributed by atoms with van der Waals surface area (Å²) in [5.41, 5.74) is 0.951. The van der Waals surface area contributed by atoms with E-state index in [1.54, 1.807) is 12.1 Å². The molecular weight excluding hydrogens is 262 g/mol. The largest absolute Gasteiger partial charge is 0.506 e. The van der Waals surface area contributed by atoms with E-state index in [0.717, 1.165) is 5.56 Å². The van der Waals surface area contributed by atoms with Gasteiger partial charge in [0.1, 0.15) is 15.6 Å². The van der Waals surface area contributed by atoms with Gasteiger partial charge < -0.3 is 10.4 Å². The van der Waals surface area contributed by atoms with Crippen LogP contribution in [0.25, 0.3) is 0 Å². The van der Waals surface area contributed by atoms with Gasteiger partial charge in [0.2, 0.25) is 0 Å². The Hall–Kier alpha value is -0.780. The van der Waals surface area contributed by atoms with Crippen molar-refractivity contribution in [2.45, 2.75) is 13.0 Å². The Morgan fingerprint density at radius 3 is 2.71 bits per heavy atom. The summed E-state index contributed by atoms with van der Waals surface area (Å²) in [6.07, 6.45) is 1.82. The van der Waals surface area contributed by atoms with Gasteiger partial charge in [-0.25, -0.2) is 8.42 Å². The molecule has 0 atom stereocenters. The summed E-state index contributed by atoms with van der Waals surface area (Å²) < 4.78 is 21.7. The van der Waals surface area contributed by atoms with E-state index in [1.165, 1.54) is 12.3 Å². The molecule has 1 aromatic carbocycles. The van der Waals surface area contributed by atoms with Crippen LogP contribution in [0.1, 0.15) is 12.0 Å². The second-order valence-corrected chi connectivity index (χ2v) is 6.61. The Labute approximate surface area is 107 Å². The number of aromatic hydroxyl groups is 1. The Bertz CT molecular complexity index is 474. The summed E-state index contributed by atoms with van der Waals surface area (Å²) in [5.74, 6) is 0.253. The monoisotopic (exact) mass is 277 g/mol. The lowest BCUT2D eigenvalue weighted by Gasteiger charge is -2.05. The lowest BCUT2D eigenvalue weighted by molar-refractivity contribution is 0.475. The summed E-state index contributed by atoms with van der Waals surface area (Å²) in [4.78, 5) is 0. The lowest BCUT2D eigenvalue weighted by Crippen LogP contribution is -2.17. The molecule has 17 heavy (non-hydrogen) atoms. The normalized spacial score (nSPS) is 11.6. The van der Waals surface area contributed by atoms with E-state index in [9.17, 15) is 13.5 Å². The summed E-state index contributed by atoms with van der Waals surface area (Å²) in [5, 5.41) is 12.7. The number of sulfone groups is 1. The molecule has 0 aliphatic rings. The highest BCUT2D eigenvalue weighted by atomic mass is 35.5. The minimum atomic E-state index is -2.88. The van der Waals surface area contributed by atoms with Gasteiger partial charge in [0.05, 0.1) is 10.8 Å². The van der Waals surface area contributed by atoms with E-state index in [2.05, 4.69) is 5.32 Å². The first kappa shape index (κ1) is 14.3. The summed E-state index contributed by atoms with van der Waals surface area (Å²) in [7, 11) is -2.88. The van der Waals surface area contributed by atoms with Gasteiger partial charge in [0.25, 0.3) is 0 Å². The molecule has 0 fully saturated rings. The Morgan fingerprint density at radius 2 is 2.12 bits per heavy atom. The van der Waals surface area contributed by atoms with Crippen molar-refractivity contribution >= 4 is 21.4 Å². The first-order chi connectivity index (χ1) is 7.88. The third kappa shape index (κ3) is 5.91. The smallest absolute Gasteiger partial charge is 0.147 e. The number of hydrogen-bond acceptors (Lipinski definition) is 4. The fourth-order valence-electron chi connectivity index (χ4n) is 1.35. The molecule has 0 unspecified atom stereocenters. The molecule has 0 saturated heterocycles. The maximum absolute atomic E-state index is 10.9. The van der Waals surface area contributed by atoms with Crippen LogP contribution in [0.3, 0.4) is 0 Å². The zero-order valence-electron chi connectivity index (χ0n) is 9.61. The third-order valence-electron chi connectivity index (χ3n) is 2.21. The number of halogens is 1. The molecule has 2 N–H and O–H groups in total. The van der Waals surface area contributed by atoms with E-state index in [-0.39, 0.29) is 11.5 Å². The van der Waals surface area contributed by atoms with Crippen LogP contribution in [0.2, 0.25) is 5.02 Å². The molecular formula is C11H16ClNO3S. The number of hydrogen-bond donors (Lipinski definition) is 2. The molecule has 1 aromatic rings. The highest BCUT2D eigenvalue weighted by molar-refractivity contribution is 7.90. The predicted molar refractivity (Wildman–Crippen MR) is 69.2 cm³/mol. The van der Waals surface area contributed by atoms with Crippen LogP contribution in [-0.4, -0.2) is 32.1 Å². The molecule has 0 amide bonds. The zero-order chi connectivity index (χ0) is 12.9. The van der Waals surface area contributed by atoms with Gasteiger partial charge in [0, 0.05) is 12.8 Å². The van der Waals surface area contributed by atoms with Gasteiger partial charge in [-0.2, -0.15) is 0 Å². The minimum absolute atomic E-state index is 0.0625. The topological polar surface area (TPSA) is 66.4 Å². The Morgan fingerprint density at radius 1 is 1.41 bits per heavy atom. The predicted octanol–water partition coefficient (Wildman–Crippen LogP) is 1.57. The number of rotatable bonds is 6. The van der Waals surface area contributed by atoms with Crippen LogP contribution in [0.15, 0.2) is 18.2 Å². The van der Waals surface area contributed by atoms with Gasteiger partial charge in [-0.15, -0.1) is 0 Å². The van der Waals surface area contributed by atoms with E-state index in [4.69, 9.17) is 11.6 Å². The van der Waals surface area contributed by atoms with Gasteiger partial charge in [-0.05, 0) is 30.7 Å². The van der Waals surface area contributed by atoms with Crippen LogP contribution >= 0.6 is 11.6 Å². The Balaban J connectivity index is 2.29. The van der Waals surface area contributed by atoms with Crippen molar-refractivity contribution in [2.24, 2.45) is 0 Å². The van der Waals surface area contributed by atoms with Crippen molar-refractivity contribution in [1.82, 2.24) is 5.32 Å². The lowest BCUT2D eigenvalue weighted by atomic mass is 10.2. The number of phenols is 1. The second kappa shape index (κ2) is 6.23. The van der Waals surface area contributed by atoms with Crippen molar-refractivity contribution in [3.05, 3.63) is 28.8 Å². The molecule has 6 heteroatoms. The van der Waals surface area contributed by atoms with Gasteiger partial charge >= 0.3 is 0 Å². The minimum Gasteiger partial charge on any atom is -0.506 e. The first-order valence-corrected chi connectivity index (χ1v) is 7.68. The molecule has 0 aromatic heterocycles. The Kier molecular flexibility index (Phi) is 5.24. The third-order valence-corrected chi connectivity index (χ3v) is 3.54. The highest BCUT2D eigenvalue weighted by Crippen LogP contribution is 2.23. The van der Waals surface area contributed by atoms with Crippen molar-refractivity contribution < 1.29 is 13.5 Å². The van der Waals surface area contributed by atoms with Crippen molar-refractivity contribution in [2.75, 3.05) is 18.6 Å². The summed E-state index contributed by atoms with van der Waals surface area (Å²) >= 11 is 5.76. The van der Waals surface area contributed by atoms with Gasteiger partial charge in [0.15, 0.2) is 0 Å². The van der Waals surface area contributed by atoms with Crippen molar-refractivity contribution in [1.29, 1.82) is 0 Å². The first-order valence-electron chi connectivity index (χ1n) is 5.24. The fourth-order valence-corrected chi connectivity index (χ4v) is 2.22. The van der Waals surface area contributed by atoms with E-state index < -0.39 is 9.84 Å². The average molecular weight is 278 g/mol. The van der Waals surface area contributed by atoms with Crippen LogP contribution < -0.4 is 5.32 Å². The van der Waals surface area contributed by atoms with Crippen LogP contribution in [0.4, 0.5) is 0 Å². The maximum atomic E-state index is 10.9. The van der Waals surface area contributed by atoms with Crippen LogP contribution in [-0.2, 0) is 16.4 Å².